The first kappa shape index (κ1) is 10.3. The van der Waals surface area contributed by atoms with Crippen molar-refractivity contribution in [3.05, 3.63) is 59.9 Å². The molecule has 1 aromatic carbocycles. The molecule has 0 saturated carbocycles. The molecule has 2 nitrogen and oxygen atoms in total. The molecular weight excluding hydrogens is 208 g/mol. The van der Waals surface area contributed by atoms with Crippen molar-refractivity contribution in [3.8, 4) is 0 Å². The average Bonchev–Trinajstić information content (AvgIpc) is 2.40. The summed E-state index contributed by atoms with van der Waals surface area (Å²) in [5.74, 6) is 0. The van der Waals surface area contributed by atoms with E-state index in [1.165, 1.54) is 24.1 Å². The summed E-state index contributed by atoms with van der Waals surface area (Å²) in [5.41, 5.74) is 3.99. The molecule has 0 spiro atoms. The third-order valence-electron chi connectivity index (χ3n) is 3.29. The fourth-order valence-corrected chi connectivity index (χ4v) is 2.46. The maximum Gasteiger partial charge on any atom is 0.0602 e. The lowest BCUT2D eigenvalue weighted by molar-refractivity contribution is 0.684. The van der Waals surface area contributed by atoms with Gasteiger partial charge in [-0.25, -0.2) is 0 Å². The number of rotatable bonds is 2. The molecule has 0 atom stereocenters. The Hall–Kier alpha value is -1.83. The van der Waals surface area contributed by atoms with Gasteiger partial charge in [0.05, 0.1) is 12.2 Å². The summed E-state index contributed by atoms with van der Waals surface area (Å²) in [5, 5.41) is 0. The summed E-state index contributed by atoms with van der Waals surface area (Å²) < 4.78 is 0. The van der Waals surface area contributed by atoms with Gasteiger partial charge in [0.15, 0.2) is 0 Å². The van der Waals surface area contributed by atoms with E-state index in [1.807, 2.05) is 12.3 Å². The van der Waals surface area contributed by atoms with Crippen LogP contribution in [0, 0.1) is 0 Å². The van der Waals surface area contributed by atoms with E-state index in [0.29, 0.717) is 0 Å². The highest BCUT2D eigenvalue weighted by Crippen LogP contribution is 2.27. The lowest BCUT2D eigenvalue weighted by Gasteiger charge is -2.30. The number of anilines is 1. The van der Waals surface area contributed by atoms with Gasteiger partial charge in [-0.15, -0.1) is 0 Å². The molecule has 86 valence electrons. The van der Waals surface area contributed by atoms with Gasteiger partial charge in [0.2, 0.25) is 0 Å². The average molecular weight is 224 g/mol. The largest absolute Gasteiger partial charge is 0.365 e. The quantitative estimate of drug-likeness (QED) is 0.779. The summed E-state index contributed by atoms with van der Waals surface area (Å²) in [6, 6.07) is 14.8. The molecule has 2 heteroatoms. The lowest BCUT2D eigenvalue weighted by atomic mass is 10.0. The molecule has 0 unspecified atom stereocenters. The van der Waals surface area contributed by atoms with Crippen LogP contribution < -0.4 is 4.90 Å². The number of para-hydroxylation sites is 1. The highest BCUT2D eigenvalue weighted by molar-refractivity contribution is 5.55. The van der Waals surface area contributed by atoms with E-state index < -0.39 is 0 Å². The fraction of sp³-hybridized carbons (Fsp3) is 0.267. The predicted molar refractivity (Wildman–Crippen MR) is 70.1 cm³/mol. The number of aryl methyl sites for hydroxylation is 1. The van der Waals surface area contributed by atoms with Crippen molar-refractivity contribution in [3.63, 3.8) is 0 Å². The lowest BCUT2D eigenvalue weighted by Crippen LogP contribution is -2.29. The number of pyridine rings is 1. The van der Waals surface area contributed by atoms with E-state index in [4.69, 9.17) is 0 Å². The third-order valence-corrected chi connectivity index (χ3v) is 3.29. The molecule has 0 amide bonds. The van der Waals surface area contributed by atoms with Crippen LogP contribution in [0.5, 0.6) is 0 Å². The molecule has 17 heavy (non-hydrogen) atoms. The summed E-state index contributed by atoms with van der Waals surface area (Å²) in [6.07, 6.45) is 4.31. The van der Waals surface area contributed by atoms with Crippen LogP contribution in [0.3, 0.4) is 0 Å². The molecule has 0 radical (unpaired) electrons. The number of nitrogens with zero attached hydrogens (tertiary/aromatic N) is 2. The Labute approximate surface area is 102 Å². The van der Waals surface area contributed by atoms with E-state index in [1.54, 1.807) is 0 Å². The van der Waals surface area contributed by atoms with Gasteiger partial charge < -0.3 is 4.90 Å². The summed E-state index contributed by atoms with van der Waals surface area (Å²) in [7, 11) is 0. The highest BCUT2D eigenvalue weighted by Gasteiger charge is 2.16. The van der Waals surface area contributed by atoms with Crippen molar-refractivity contribution < 1.29 is 0 Å². The Balaban J connectivity index is 1.86. The molecule has 1 aliphatic heterocycles. The normalized spacial score (nSPS) is 14.5. The Bertz CT molecular complexity index is 493. The molecule has 3 rings (SSSR count). The van der Waals surface area contributed by atoms with Crippen LogP contribution in [0.2, 0.25) is 0 Å². The van der Waals surface area contributed by atoms with Crippen molar-refractivity contribution in [1.82, 2.24) is 4.98 Å². The zero-order valence-electron chi connectivity index (χ0n) is 9.84. The predicted octanol–water partition coefficient (Wildman–Crippen LogP) is 3.03. The fourth-order valence-electron chi connectivity index (χ4n) is 2.46. The second-order valence-electron chi connectivity index (χ2n) is 4.47. The first-order valence-corrected chi connectivity index (χ1v) is 6.16. The third kappa shape index (κ3) is 2.16. The van der Waals surface area contributed by atoms with E-state index in [9.17, 15) is 0 Å². The standard InChI is InChI=1S/C15H16N2/c1-2-9-15-13(6-1)7-5-11-17(15)12-14-8-3-4-10-16-14/h1-4,6,8-10H,5,7,11-12H2. The van der Waals surface area contributed by atoms with Gasteiger partial charge in [0.1, 0.15) is 0 Å². The molecule has 2 heterocycles. The Morgan fingerprint density at radius 2 is 1.94 bits per heavy atom. The maximum atomic E-state index is 4.40. The Kier molecular flexibility index (Phi) is 2.78. The molecule has 0 N–H and O–H groups in total. The Morgan fingerprint density at radius 1 is 1.06 bits per heavy atom. The van der Waals surface area contributed by atoms with Crippen LogP contribution in [0.25, 0.3) is 0 Å². The van der Waals surface area contributed by atoms with Crippen LogP contribution in [-0.4, -0.2) is 11.5 Å². The topological polar surface area (TPSA) is 16.1 Å². The Morgan fingerprint density at radius 3 is 2.82 bits per heavy atom. The van der Waals surface area contributed by atoms with E-state index in [0.717, 1.165) is 18.8 Å². The van der Waals surface area contributed by atoms with E-state index >= 15 is 0 Å². The van der Waals surface area contributed by atoms with Crippen molar-refractivity contribution in [2.45, 2.75) is 19.4 Å². The van der Waals surface area contributed by atoms with Crippen LogP contribution >= 0.6 is 0 Å². The van der Waals surface area contributed by atoms with Gasteiger partial charge in [-0.2, -0.15) is 0 Å². The molecule has 0 bridgehead atoms. The molecule has 0 fully saturated rings. The number of aromatic nitrogens is 1. The summed E-state index contributed by atoms with van der Waals surface area (Å²) >= 11 is 0. The van der Waals surface area contributed by atoms with Gasteiger partial charge in [0.25, 0.3) is 0 Å². The molecule has 0 aliphatic carbocycles. The van der Waals surface area contributed by atoms with Crippen LogP contribution in [0.4, 0.5) is 5.69 Å². The molecule has 1 aromatic heterocycles. The van der Waals surface area contributed by atoms with Gasteiger partial charge >= 0.3 is 0 Å². The van der Waals surface area contributed by atoms with Crippen molar-refractivity contribution in [2.24, 2.45) is 0 Å². The number of hydrogen-bond acceptors (Lipinski definition) is 2. The monoisotopic (exact) mass is 224 g/mol. The minimum atomic E-state index is 0.915. The maximum absolute atomic E-state index is 4.40. The molecule has 0 saturated heterocycles. The first-order chi connectivity index (χ1) is 8.43. The van der Waals surface area contributed by atoms with Crippen LogP contribution in [-0.2, 0) is 13.0 Å². The van der Waals surface area contributed by atoms with Crippen molar-refractivity contribution >= 4 is 5.69 Å². The van der Waals surface area contributed by atoms with Gasteiger partial charge in [-0.05, 0) is 36.6 Å². The first-order valence-electron chi connectivity index (χ1n) is 6.16. The van der Waals surface area contributed by atoms with Crippen LogP contribution in [0.15, 0.2) is 48.7 Å². The minimum absolute atomic E-state index is 0.915. The minimum Gasteiger partial charge on any atom is -0.365 e. The number of hydrogen-bond donors (Lipinski definition) is 0. The SMILES string of the molecule is c1ccc(CN2CCCc3ccccc32)nc1. The van der Waals surface area contributed by atoms with E-state index in [2.05, 4.69) is 46.3 Å². The van der Waals surface area contributed by atoms with E-state index in [-0.39, 0.29) is 0 Å². The van der Waals surface area contributed by atoms with Crippen LogP contribution in [0.1, 0.15) is 17.7 Å². The summed E-state index contributed by atoms with van der Waals surface area (Å²) in [4.78, 5) is 6.84. The molecule has 1 aliphatic rings. The zero-order chi connectivity index (χ0) is 11.5. The van der Waals surface area contributed by atoms with Gasteiger partial charge in [0, 0.05) is 18.4 Å². The van der Waals surface area contributed by atoms with Gasteiger partial charge in [-0.1, -0.05) is 24.3 Å². The van der Waals surface area contributed by atoms with Gasteiger partial charge in [-0.3, -0.25) is 4.98 Å². The zero-order valence-corrected chi connectivity index (χ0v) is 9.84. The second kappa shape index (κ2) is 4.58. The summed E-state index contributed by atoms with van der Waals surface area (Å²) in [6.45, 7) is 2.05. The second-order valence-corrected chi connectivity index (χ2v) is 4.47. The van der Waals surface area contributed by atoms with Crippen molar-refractivity contribution in [1.29, 1.82) is 0 Å². The smallest absolute Gasteiger partial charge is 0.0602 e. The highest BCUT2D eigenvalue weighted by atomic mass is 15.1. The molecule has 2 aromatic rings. The van der Waals surface area contributed by atoms with Crippen molar-refractivity contribution in [2.75, 3.05) is 11.4 Å². The molecular formula is C15H16N2. The number of fused-ring (bicyclic) bond motifs is 1. The number of benzene rings is 1.